The van der Waals surface area contributed by atoms with Crippen LogP contribution in [-0.4, -0.2) is 10.7 Å². The van der Waals surface area contributed by atoms with Crippen molar-refractivity contribution in [1.82, 2.24) is 0 Å². The second kappa shape index (κ2) is 6.11. The molecule has 0 unspecified atom stereocenters. The van der Waals surface area contributed by atoms with Gasteiger partial charge < -0.3 is 12.0 Å². The van der Waals surface area contributed by atoms with Crippen LogP contribution in [0.5, 0.6) is 0 Å². The van der Waals surface area contributed by atoms with Gasteiger partial charge in [0.25, 0.3) is 0 Å². The maximum Gasteiger partial charge on any atom is 1.00 e. The van der Waals surface area contributed by atoms with Crippen molar-refractivity contribution < 1.29 is 56.5 Å². The normalized spacial score (nSPS) is 22.4. The summed E-state index contributed by atoms with van der Waals surface area (Å²) < 4.78 is 0. The monoisotopic (exact) mass is 180 g/mol. The maximum absolute atomic E-state index is 9.83. The van der Waals surface area contributed by atoms with E-state index in [0.29, 0.717) is 0 Å². The van der Waals surface area contributed by atoms with Gasteiger partial charge in [-0.1, -0.05) is 25.7 Å². The van der Waals surface area contributed by atoms with Gasteiger partial charge >= 0.3 is 51.4 Å². The first-order valence-electron chi connectivity index (χ1n) is 4.28. The fourth-order valence-corrected chi connectivity index (χ4v) is 1.79. The molecule has 2 heteroatoms. The molecule has 0 radical (unpaired) electrons. The Balaban J connectivity index is 0.000001000. The third-order valence-electron chi connectivity index (χ3n) is 2.43. The van der Waals surface area contributed by atoms with Crippen molar-refractivity contribution in [3.8, 4) is 0 Å². The summed E-state index contributed by atoms with van der Waals surface area (Å²) in [5.74, 6) is 0. The van der Waals surface area contributed by atoms with Crippen LogP contribution in [0.4, 0.5) is 0 Å². The smallest absolute Gasteiger partial charge is 0.390 e. The SMILES string of the molecule is [CH2-]CCC1(O)CCCCC1.[K+]. The first-order valence-corrected chi connectivity index (χ1v) is 4.28. The van der Waals surface area contributed by atoms with E-state index in [2.05, 4.69) is 6.92 Å². The van der Waals surface area contributed by atoms with Crippen LogP contribution in [0.25, 0.3) is 0 Å². The Labute approximate surface area is 112 Å². The van der Waals surface area contributed by atoms with Crippen LogP contribution in [0.1, 0.15) is 44.9 Å². The molecule has 1 aliphatic rings. The van der Waals surface area contributed by atoms with Crippen molar-refractivity contribution in [3.63, 3.8) is 0 Å². The van der Waals surface area contributed by atoms with Crippen LogP contribution in [0.3, 0.4) is 0 Å². The molecule has 0 heterocycles. The Morgan fingerprint density at radius 3 is 2.18 bits per heavy atom. The zero-order valence-electron chi connectivity index (χ0n) is 7.60. The van der Waals surface area contributed by atoms with Gasteiger partial charge in [0.05, 0.1) is 5.60 Å². The van der Waals surface area contributed by atoms with Crippen molar-refractivity contribution in [2.45, 2.75) is 50.5 Å². The minimum atomic E-state index is -0.333. The Morgan fingerprint density at radius 1 is 1.18 bits per heavy atom. The van der Waals surface area contributed by atoms with Crippen LogP contribution in [0.15, 0.2) is 0 Å². The summed E-state index contributed by atoms with van der Waals surface area (Å²) in [5, 5.41) is 9.83. The van der Waals surface area contributed by atoms with E-state index < -0.39 is 0 Å². The summed E-state index contributed by atoms with van der Waals surface area (Å²) in [5.41, 5.74) is -0.333. The molecule has 0 atom stereocenters. The van der Waals surface area contributed by atoms with E-state index >= 15 is 0 Å². The number of rotatable bonds is 2. The average molecular weight is 180 g/mol. The maximum atomic E-state index is 9.83. The predicted octanol–water partition coefficient (Wildman–Crippen LogP) is -0.700. The molecule has 0 amide bonds. The van der Waals surface area contributed by atoms with E-state index in [-0.39, 0.29) is 57.0 Å². The van der Waals surface area contributed by atoms with Crippen molar-refractivity contribution in [2.24, 2.45) is 0 Å². The Kier molecular flexibility index (Phi) is 7.00. The molecule has 11 heavy (non-hydrogen) atoms. The van der Waals surface area contributed by atoms with Gasteiger partial charge in [0.1, 0.15) is 0 Å². The quantitative estimate of drug-likeness (QED) is 0.440. The molecule has 0 bridgehead atoms. The predicted molar refractivity (Wildman–Crippen MR) is 42.6 cm³/mol. The zero-order valence-corrected chi connectivity index (χ0v) is 10.7. The second-order valence-electron chi connectivity index (χ2n) is 3.39. The summed E-state index contributed by atoms with van der Waals surface area (Å²) in [6.07, 6.45) is 7.49. The van der Waals surface area contributed by atoms with E-state index in [9.17, 15) is 5.11 Å². The molecular formula is C9H17KO. The summed E-state index contributed by atoms with van der Waals surface area (Å²) >= 11 is 0. The minimum absolute atomic E-state index is 0. The van der Waals surface area contributed by atoms with Gasteiger partial charge in [0, 0.05) is 0 Å². The average Bonchev–Trinajstić information content (AvgIpc) is 1.89. The van der Waals surface area contributed by atoms with Crippen LogP contribution in [0.2, 0.25) is 0 Å². The van der Waals surface area contributed by atoms with Gasteiger partial charge in [-0.05, 0) is 12.8 Å². The zero-order chi connectivity index (χ0) is 7.45. The summed E-state index contributed by atoms with van der Waals surface area (Å²) in [6.45, 7) is 3.76. The van der Waals surface area contributed by atoms with Crippen molar-refractivity contribution in [3.05, 3.63) is 6.92 Å². The number of aliphatic hydroxyl groups is 1. The van der Waals surface area contributed by atoms with E-state index in [0.717, 1.165) is 25.7 Å². The minimum Gasteiger partial charge on any atom is -0.390 e. The second-order valence-corrected chi connectivity index (χ2v) is 3.39. The first-order chi connectivity index (χ1) is 4.77. The summed E-state index contributed by atoms with van der Waals surface area (Å²) in [7, 11) is 0. The van der Waals surface area contributed by atoms with Gasteiger partial charge in [-0.15, -0.1) is 0 Å². The molecule has 0 aromatic heterocycles. The molecule has 1 fully saturated rings. The molecule has 0 spiro atoms. The van der Waals surface area contributed by atoms with E-state index in [1.54, 1.807) is 0 Å². The molecule has 1 saturated carbocycles. The molecule has 1 nitrogen and oxygen atoms in total. The van der Waals surface area contributed by atoms with Crippen LogP contribution in [-0.2, 0) is 0 Å². The number of hydrogen-bond acceptors (Lipinski definition) is 1. The molecule has 0 aromatic carbocycles. The fraction of sp³-hybridized carbons (Fsp3) is 0.889. The van der Waals surface area contributed by atoms with Gasteiger partial charge in [-0.3, -0.25) is 0 Å². The van der Waals surface area contributed by atoms with Crippen LogP contribution in [0, 0.1) is 6.92 Å². The third-order valence-corrected chi connectivity index (χ3v) is 2.43. The Bertz CT molecular complexity index is 92.2. The van der Waals surface area contributed by atoms with Crippen molar-refractivity contribution in [2.75, 3.05) is 0 Å². The summed E-state index contributed by atoms with van der Waals surface area (Å²) in [6, 6.07) is 0. The van der Waals surface area contributed by atoms with Crippen LogP contribution < -0.4 is 51.4 Å². The van der Waals surface area contributed by atoms with E-state index in [1.165, 1.54) is 19.3 Å². The fourth-order valence-electron chi connectivity index (χ4n) is 1.79. The molecule has 1 N–H and O–H groups in total. The number of hydrogen-bond donors (Lipinski definition) is 1. The van der Waals surface area contributed by atoms with Gasteiger partial charge in [0.15, 0.2) is 0 Å². The molecule has 0 aliphatic heterocycles. The van der Waals surface area contributed by atoms with Gasteiger partial charge in [0.2, 0.25) is 0 Å². The molecule has 60 valence electrons. The molecule has 0 saturated heterocycles. The van der Waals surface area contributed by atoms with Gasteiger partial charge in [-0.25, -0.2) is 0 Å². The molecular weight excluding hydrogens is 163 g/mol. The Morgan fingerprint density at radius 2 is 1.73 bits per heavy atom. The first kappa shape index (κ1) is 12.6. The van der Waals surface area contributed by atoms with Crippen molar-refractivity contribution in [1.29, 1.82) is 0 Å². The van der Waals surface area contributed by atoms with E-state index in [4.69, 9.17) is 0 Å². The van der Waals surface area contributed by atoms with Gasteiger partial charge in [-0.2, -0.15) is 6.42 Å². The molecule has 1 aliphatic carbocycles. The Hall–Kier alpha value is 1.60. The standard InChI is InChI=1S/C9H17O.K/c1-2-6-9(10)7-4-3-5-8-9;/h10H,1-8H2;/q-1;+1. The summed E-state index contributed by atoms with van der Waals surface area (Å²) in [4.78, 5) is 0. The van der Waals surface area contributed by atoms with Crippen LogP contribution >= 0.6 is 0 Å². The van der Waals surface area contributed by atoms with E-state index in [1.807, 2.05) is 0 Å². The third kappa shape index (κ3) is 4.39. The molecule has 1 rings (SSSR count). The topological polar surface area (TPSA) is 20.2 Å². The largest absolute Gasteiger partial charge is 1.00 e. The molecule has 0 aromatic rings. The van der Waals surface area contributed by atoms with Crippen molar-refractivity contribution >= 4 is 0 Å².